The van der Waals surface area contributed by atoms with Crippen molar-refractivity contribution in [3.63, 3.8) is 0 Å². The maximum Gasteiger partial charge on any atom is 0.315 e. The van der Waals surface area contributed by atoms with E-state index in [1.165, 1.54) is 38.5 Å². The Bertz CT molecular complexity index is 773. The molecule has 2 aromatic rings. The summed E-state index contributed by atoms with van der Waals surface area (Å²) in [5.41, 5.74) is 2.54. The third-order valence-electron chi connectivity index (χ3n) is 7.89. The first kappa shape index (κ1) is 18.7. The maximum atomic E-state index is 13.1. The number of hydrogen-bond acceptors (Lipinski definition) is 1. The molecule has 3 nitrogen and oxygen atoms in total. The van der Waals surface area contributed by atoms with Crippen LogP contribution in [0.15, 0.2) is 60.7 Å². The van der Waals surface area contributed by atoms with Crippen LogP contribution in [0, 0.1) is 23.2 Å². The first-order valence-corrected chi connectivity index (χ1v) is 11.3. The van der Waals surface area contributed by atoms with Crippen LogP contribution in [-0.4, -0.2) is 12.1 Å². The largest absolute Gasteiger partial charge is 0.335 e. The number of hydrogen-bond donors (Lipinski definition) is 2. The van der Waals surface area contributed by atoms with E-state index < -0.39 is 0 Å². The Hall–Kier alpha value is -2.29. The molecule has 0 spiro atoms. The van der Waals surface area contributed by atoms with Crippen LogP contribution in [0.4, 0.5) is 4.79 Å². The van der Waals surface area contributed by atoms with E-state index in [1.807, 2.05) is 36.4 Å². The molecule has 0 aromatic heterocycles. The molecule has 0 saturated heterocycles. The number of urea groups is 1. The van der Waals surface area contributed by atoms with Gasteiger partial charge in [0.2, 0.25) is 0 Å². The monoisotopic (exact) mass is 388 g/mol. The highest BCUT2D eigenvalue weighted by atomic mass is 16.2. The molecule has 1 atom stereocenters. The topological polar surface area (TPSA) is 41.1 Å². The molecule has 1 unspecified atom stereocenters. The lowest BCUT2D eigenvalue weighted by Crippen LogP contribution is -2.57. The van der Waals surface area contributed by atoms with Gasteiger partial charge in [0.1, 0.15) is 0 Å². The minimum atomic E-state index is -0.138. The van der Waals surface area contributed by atoms with Gasteiger partial charge < -0.3 is 10.6 Å². The van der Waals surface area contributed by atoms with Gasteiger partial charge in [-0.3, -0.25) is 0 Å². The zero-order valence-corrected chi connectivity index (χ0v) is 17.3. The smallest absolute Gasteiger partial charge is 0.315 e. The predicted molar refractivity (Wildman–Crippen MR) is 116 cm³/mol. The molecule has 4 fully saturated rings. The van der Waals surface area contributed by atoms with Crippen molar-refractivity contribution < 1.29 is 4.79 Å². The Labute approximate surface area is 174 Å². The molecule has 4 aliphatic carbocycles. The maximum absolute atomic E-state index is 13.1. The summed E-state index contributed by atoms with van der Waals surface area (Å²) in [4.78, 5) is 13.1. The van der Waals surface area contributed by atoms with Gasteiger partial charge in [-0.25, -0.2) is 4.79 Å². The zero-order chi connectivity index (χ0) is 19.8. The molecule has 0 heterocycles. The van der Waals surface area contributed by atoms with E-state index in [-0.39, 0.29) is 18.1 Å². The highest BCUT2D eigenvalue weighted by Crippen LogP contribution is 2.61. The molecular formula is C26H32N2O. The Morgan fingerprint density at radius 1 is 0.793 bits per heavy atom. The fourth-order valence-corrected chi connectivity index (χ4v) is 6.88. The lowest BCUT2D eigenvalue weighted by atomic mass is 9.48. The molecular weight excluding hydrogens is 356 g/mol. The molecule has 4 saturated carbocycles. The van der Waals surface area contributed by atoms with E-state index >= 15 is 0 Å². The molecule has 4 aliphatic rings. The van der Waals surface area contributed by atoms with E-state index in [2.05, 4.69) is 41.8 Å². The first-order valence-electron chi connectivity index (χ1n) is 11.3. The van der Waals surface area contributed by atoms with Gasteiger partial charge >= 0.3 is 6.03 Å². The number of nitrogens with one attached hydrogen (secondary N) is 2. The molecule has 2 N–H and O–H groups in total. The average molecular weight is 389 g/mol. The summed E-state index contributed by atoms with van der Waals surface area (Å²) in [5, 5.41) is 6.62. The van der Waals surface area contributed by atoms with Crippen molar-refractivity contribution in [2.24, 2.45) is 23.2 Å². The van der Waals surface area contributed by atoms with E-state index in [0.29, 0.717) is 5.41 Å². The SMILES string of the molecule is CC(NC(=O)NC(c1ccccc1)c1ccccc1)C12CC3CC(CC(C3)C1)C2. The number of carbonyl (C=O) groups excluding carboxylic acids is 1. The first-order chi connectivity index (χ1) is 14.1. The Balaban J connectivity index is 1.31. The van der Waals surface area contributed by atoms with E-state index in [9.17, 15) is 4.79 Å². The predicted octanol–water partition coefficient (Wildman–Crippen LogP) is 5.68. The van der Waals surface area contributed by atoms with Gasteiger partial charge in [0.25, 0.3) is 0 Å². The van der Waals surface area contributed by atoms with Crippen LogP contribution in [-0.2, 0) is 0 Å². The normalized spacial score (nSPS) is 30.9. The minimum absolute atomic E-state index is 0.0500. The average Bonchev–Trinajstić information content (AvgIpc) is 2.72. The zero-order valence-electron chi connectivity index (χ0n) is 17.3. The summed E-state index contributed by atoms with van der Waals surface area (Å²) < 4.78 is 0. The molecule has 0 radical (unpaired) electrons. The standard InChI is InChI=1S/C26H32N2O/c1-18(26-15-19-12-20(16-26)14-21(13-19)17-26)27-25(29)28-24(22-8-4-2-5-9-22)23-10-6-3-7-11-23/h2-11,18-21,24H,12-17H2,1H3,(H2,27,28,29). The van der Waals surface area contributed by atoms with Gasteiger partial charge in [0.15, 0.2) is 0 Å². The fraction of sp³-hybridized carbons (Fsp3) is 0.500. The van der Waals surface area contributed by atoms with Gasteiger partial charge in [-0.05, 0) is 79.7 Å². The second kappa shape index (κ2) is 7.51. The van der Waals surface area contributed by atoms with Crippen molar-refractivity contribution >= 4 is 6.03 Å². The molecule has 0 aliphatic heterocycles. The summed E-state index contributed by atoms with van der Waals surface area (Å²) in [6.45, 7) is 2.24. The van der Waals surface area contributed by atoms with Crippen molar-refractivity contribution in [2.45, 2.75) is 57.5 Å². The van der Waals surface area contributed by atoms with Crippen molar-refractivity contribution in [1.82, 2.24) is 10.6 Å². The van der Waals surface area contributed by atoms with Gasteiger partial charge in [-0.15, -0.1) is 0 Å². The molecule has 3 heteroatoms. The molecule has 4 bridgehead atoms. The molecule has 29 heavy (non-hydrogen) atoms. The van der Waals surface area contributed by atoms with Crippen LogP contribution < -0.4 is 10.6 Å². The van der Waals surface area contributed by atoms with Gasteiger partial charge in [0, 0.05) is 6.04 Å². The number of carbonyl (C=O) groups is 1. The molecule has 6 rings (SSSR count). The minimum Gasteiger partial charge on any atom is -0.335 e. The third-order valence-corrected chi connectivity index (χ3v) is 7.89. The van der Waals surface area contributed by atoms with E-state index in [0.717, 1.165) is 28.9 Å². The quantitative estimate of drug-likeness (QED) is 0.680. The highest BCUT2D eigenvalue weighted by Gasteiger charge is 2.53. The van der Waals surface area contributed by atoms with Crippen molar-refractivity contribution in [3.8, 4) is 0 Å². The lowest BCUT2D eigenvalue weighted by Gasteiger charge is -2.59. The second-order valence-corrected chi connectivity index (χ2v) is 9.87. The van der Waals surface area contributed by atoms with Gasteiger partial charge in [0.05, 0.1) is 6.04 Å². The lowest BCUT2D eigenvalue weighted by molar-refractivity contribution is -0.0682. The van der Waals surface area contributed by atoms with Gasteiger partial charge in [-0.1, -0.05) is 60.7 Å². The Kier molecular flexibility index (Phi) is 4.85. The summed E-state index contributed by atoms with van der Waals surface area (Å²) in [7, 11) is 0. The molecule has 152 valence electrons. The Morgan fingerprint density at radius 3 is 1.69 bits per heavy atom. The van der Waals surface area contributed by atoms with Crippen LogP contribution in [0.3, 0.4) is 0 Å². The number of rotatable bonds is 5. The number of benzene rings is 2. The van der Waals surface area contributed by atoms with Crippen LogP contribution >= 0.6 is 0 Å². The van der Waals surface area contributed by atoms with Crippen LogP contribution in [0.25, 0.3) is 0 Å². The molecule has 2 aromatic carbocycles. The van der Waals surface area contributed by atoms with E-state index in [1.54, 1.807) is 0 Å². The second-order valence-electron chi connectivity index (χ2n) is 9.87. The summed E-state index contributed by atoms with van der Waals surface area (Å²) in [6.07, 6.45) is 8.22. The van der Waals surface area contributed by atoms with Crippen LogP contribution in [0.2, 0.25) is 0 Å². The Morgan fingerprint density at radius 2 is 1.24 bits per heavy atom. The molecule has 2 amide bonds. The van der Waals surface area contributed by atoms with Crippen LogP contribution in [0.5, 0.6) is 0 Å². The third kappa shape index (κ3) is 3.68. The summed E-state index contributed by atoms with van der Waals surface area (Å²) in [5.74, 6) is 2.69. The summed E-state index contributed by atoms with van der Waals surface area (Å²) in [6, 6.07) is 20.5. The summed E-state index contributed by atoms with van der Waals surface area (Å²) >= 11 is 0. The van der Waals surface area contributed by atoms with Crippen LogP contribution in [0.1, 0.15) is 62.6 Å². The van der Waals surface area contributed by atoms with Crippen molar-refractivity contribution in [3.05, 3.63) is 71.8 Å². The van der Waals surface area contributed by atoms with E-state index in [4.69, 9.17) is 0 Å². The van der Waals surface area contributed by atoms with Crippen molar-refractivity contribution in [1.29, 1.82) is 0 Å². The fourth-order valence-electron chi connectivity index (χ4n) is 6.88. The number of amides is 2. The van der Waals surface area contributed by atoms with Crippen molar-refractivity contribution in [2.75, 3.05) is 0 Å². The highest BCUT2D eigenvalue weighted by molar-refractivity contribution is 5.75. The van der Waals surface area contributed by atoms with Gasteiger partial charge in [-0.2, -0.15) is 0 Å².